The Balaban J connectivity index is 2.38. The lowest BCUT2D eigenvalue weighted by Gasteiger charge is -2.05. The first-order valence-electron chi connectivity index (χ1n) is 4.22. The predicted octanol–water partition coefficient (Wildman–Crippen LogP) is 1.63. The second-order valence-corrected chi connectivity index (χ2v) is 2.95. The number of nitrogens with zero attached hydrogens (tertiary/aromatic N) is 2. The molecule has 0 atom stereocenters. The van der Waals surface area contributed by atoms with Gasteiger partial charge in [-0.1, -0.05) is 30.3 Å². The second-order valence-electron chi connectivity index (χ2n) is 2.95. The Hall–Kier alpha value is -1.97. The van der Waals surface area contributed by atoms with Gasteiger partial charge < -0.3 is 5.11 Å². The first kappa shape index (κ1) is 8.62. The van der Waals surface area contributed by atoms with E-state index < -0.39 is 0 Å². The summed E-state index contributed by atoms with van der Waals surface area (Å²) in [5, 5.41) is 9.48. The average molecular weight is 189 g/mol. The van der Waals surface area contributed by atoms with Gasteiger partial charge in [0.1, 0.15) is 5.71 Å². The number of aliphatic hydroxyl groups is 1. The van der Waals surface area contributed by atoms with Gasteiger partial charge in [0.15, 0.2) is 0 Å². The summed E-state index contributed by atoms with van der Waals surface area (Å²) in [6, 6.07) is 9.27. The van der Waals surface area contributed by atoms with Crippen LogP contribution in [-0.4, -0.2) is 22.2 Å². The smallest absolute Gasteiger partial charge is 0.290 e. The number of nitroso groups, excluding NO2 is 1. The van der Waals surface area contributed by atoms with Crippen molar-refractivity contribution in [2.24, 2.45) is 4.99 Å². The lowest BCUT2D eigenvalue weighted by atomic mass is 10.1. The molecule has 0 saturated carbocycles. The van der Waals surface area contributed by atoms with Crippen LogP contribution in [0.2, 0.25) is 0 Å². The van der Waals surface area contributed by atoms with Gasteiger partial charge >= 0.3 is 0 Å². The first-order valence-corrected chi connectivity index (χ1v) is 4.22. The molecular weight excluding hydrogens is 180 g/mol. The van der Waals surface area contributed by atoms with Gasteiger partial charge in [0.05, 0.1) is 4.76 Å². The van der Waals surface area contributed by atoms with Crippen LogP contribution in [0.5, 0.6) is 0 Å². The van der Waals surface area contributed by atoms with Crippen LogP contribution in [-0.2, 0) is 0 Å². The Labute approximate surface area is 80.8 Å². The molecule has 1 aliphatic rings. The van der Waals surface area contributed by atoms with E-state index in [4.69, 9.17) is 0 Å². The molecule has 1 N–H and O–H groups in total. The van der Waals surface area contributed by atoms with Crippen molar-refractivity contribution in [3.8, 4) is 0 Å². The maximum Gasteiger partial charge on any atom is 0.290 e. The molecular formula is C10H9N2O2+. The highest BCUT2D eigenvalue weighted by molar-refractivity contribution is 6.11. The zero-order valence-corrected chi connectivity index (χ0v) is 7.42. The second kappa shape index (κ2) is 3.41. The number of aliphatic hydroxyl groups excluding tert-OH is 1. The molecule has 1 aliphatic heterocycles. The standard InChI is InChI=1S/C10H8N2O2/c13-9-6-12(14)7-11-10(9)8-4-2-1-3-5-8/h1-6H,7H2/p+1. The Morgan fingerprint density at radius 1 is 1.29 bits per heavy atom. The summed E-state index contributed by atoms with van der Waals surface area (Å²) in [6.45, 7) is 0.0360. The highest BCUT2D eigenvalue weighted by atomic mass is 16.3. The Morgan fingerprint density at radius 3 is 2.64 bits per heavy atom. The van der Waals surface area contributed by atoms with Crippen LogP contribution in [0, 0.1) is 4.91 Å². The molecule has 0 fully saturated rings. The fourth-order valence-electron chi connectivity index (χ4n) is 1.29. The van der Waals surface area contributed by atoms with Crippen molar-refractivity contribution in [1.82, 2.24) is 0 Å². The lowest BCUT2D eigenvalue weighted by Crippen LogP contribution is -2.16. The molecule has 1 heterocycles. The molecule has 0 amide bonds. The fourth-order valence-corrected chi connectivity index (χ4v) is 1.29. The first-order chi connectivity index (χ1) is 6.77. The van der Waals surface area contributed by atoms with Crippen LogP contribution in [0.4, 0.5) is 0 Å². The molecule has 1 aromatic rings. The Kier molecular flexibility index (Phi) is 2.10. The van der Waals surface area contributed by atoms with Crippen molar-refractivity contribution in [2.75, 3.05) is 6.67 Å². The quantitative estimate of drug-likeness (QED) is 0.682. The predicted molar refractivity (Wildman–Crippen MR) is 52.2 cm³/mol. The van der Waals surface area contributed by atoms with Crippen molar-refractivity contribution in [1.29, 1.82) is 0 Å². The molecule has 0 aromatic heterocycles. The summed E-state index contributed by atoms with van der Waals surface area (Å²) in [5.41, 5.74) is 1.28. The van der Waals surface area contributed by atoms with E-state index in [0.29, 0.717) is 10.5 Å². The molecule has 14 heavy (non-hydrogen) atoms. The van der Waals surface area contributed by atoms with E-state index in [9.17, 15) is 10.0 Å². The number of hydrogen-bond donors (Lipinski definition) is 1. The molecule has 70 valence electrons. The topological polar surface area (TPSA) is 52.7 Å². The van der Waals surface area contributed by atoms with Crippen LogP contribution in [0.1, 0.15) is 5.56 Å². The summed E-state index contributed by atoms with van der Waals surface area (Å²) in [5.74, 6) is -0.0857. The average Bonchev–Trinajstić information content (AvgIpc) is 2.19. The van der Waals surface area contributed by atoms with E-state index in [1.54, 1.807) is 0 Å². The minimum absolute atomic E-state index is 0.0360. The van der Waals surface area contributed by atoms with Crippen LogP contribution >= 0.6 is 0 Å². The summed E-state index contributed by atoms with van der Waals surface area (Å²) in [7, 11) is 0. The van der Waals surface area contributed by atoms with Crippen LogP contribution < -0.4 is 0 Å². The molecule has 0 radical (unpaired) electrons. The van der Waals surface area contributed by atoms with Gasteiger partial charge in [-0.05, 0) is 0 Å². The van der Waals surface area contributed by atoms with Crippen molar-refractivity contribution in [3.63, 3.8) is 0 Å². The zero-order valence-electron chi connectivity index (χ0n) is 7.42. The maximum absolute atomic E-state index is 10.8. The highest BCUT2D eigenvalue weighted by Gasteiger charge is 2.19. The molecule has 0 bridgehead atoms. The number of allylic oxidation sites excluding steroid dienone is 1. The van der Waals surface area contributed by atoms with Crippen molar-refractivity contribution >= 4 is 5.71 Å². The van der Waals surface area contributed by atoms with Crippen LogP contribution in [0.15, 0.2) is 47.3 Å². The third kappa shape index (κ3) is 1.54. The normalized spacial score (nSPS) is 16.1. The van der Waals surface area contributed by atoms with Gasteiger partial charge in [-0.3, -0.25) is 0 Å². The number of rotatable bonds is 1. The minimum atomic E-state index is -0.0857. The summed E-state index contributed by atoms with van der Waals surface area (Å²) in [4.78, 5) is 14.8. The molecule has 4 nitrogen and oxygen atoms in total. The summed E-state index contributed by atoms with van der Waals surface area (Å²) in [6.07, 6.45) is 1.13. The molecule has 0 unspecified atom stereocenters. The van der Waals surface area contributed by atoms with E-state index in [1.807, 2.05) is 30.3 Å². The van der Waals surface area contributed by atoms with E-state index in [2.05, 4.69) is 4.99 Å². The summed E-state index contributed by atoms with van der Waals surface area (Å²) < 4.78 is 0.585. The van der Waals surface area contributed by atoms with E-state index in [1.165, 1.54) is 0 Å². The molecule has 0 saturated heterocycles. The third-order valence-electron chi connectivity index (χ3n) is 1.92. The summed E-state index contributed by atoms with van der Waals surface area (Å²) >= 11 is 0. The van der Waals surface area contributed by atoms with Gasteiger partial charge in [-0.15, -0.1) is 0 Å². The number of aliphatic imine (C=N–C) groups is 1. The third-order valence-corrected chi connectivity index (χ3v) is 1.92. The fraction of sp³-hybridized carbons (Fsp3) is 0.100. The van der Waals surface area contributed by atoms with Crippen molar-refractivity contribution < 1.29 is 9.87 Å². The maximum atomic E-state index is 10.8. The van der Waals surface area contributed by atoms with E-state index >= 15 is 0 Å². The van der Waals surface area contributed by atoms with Gasteiger partial charge in [-0.25, -0.2) is 4.99 Å². The van der Waals surface area contributed by atoms with E-state index in [0.717, 1.165) is 11.8 Å². The Morgan fingerprint density at radius 2 is 2.00 bits per heavy atom. The van der Waals surface area contributed by atoms with E-state index in [-0.39, 0.29) is 12.4 Å². The SMILES string of the molecule is O=[N+]1C=C(O)C(c2ccccc2)=NC1. The number of benzene rings is 1. The molecule has 0 spiro atoms. The zero-order chi connectivity index (χ0) is 9.97. The van der Waals surface area contributed by atoms with Gasteiger partial charge in [0, 0.05) is 10.5 Å². The Bertz CT molecular complexity index is 421. The van der Waals surface area contributed by atoms with Crippen molar-refractivity contribution in [3.05, 3.63) is 52.8 Å². The largest absolute Gasteiger partial charge is 0.501 e. The van der Waals surface area contributed by atoms with Crippen molar-refractivity contribution in [2.45, 2.75) is 0 Å². The van der Waals surface area contributed by atoms with Crippen LogP contribution in [0.3, 0.4) is 0 Å². The highest BCUT2D eigenvalue weighted by Crippen LogP contribution is 2.10. The molecule has 2 rings (SSSR count). The molecule has 0 aliphatic carbocycles. The van der Waals surface area contributed by atoms with Gasteiger partial charge in [0.2, 0.25) is 5.76 Å². The molecule has 4 heteroatoms. The lowest BCUT2D eigenvalue weighted by molar-refractivity contribution is -0.480. The van der Waals surface area contributed by atoms with Gasteiger partial charge in [-0.2, -0.15) is 0 Å². The molecule has 1 aromatic carbocycles. The monoisotopic (exact) mass is 189 g/mol. The number of hydrogen-bond acceptors (Lipinski definition) is 3. The van der Waals surface area contributed by atoms with Crippen LogP contribution in [0.25, 0.3) is 0 Å². The van der Waals surface area contributed by atoms with Gasteiger partial charge in [0.25, 0.3) is 12.9 Å². The minimum Gasteiger partial charge on any atom is -0.501 e.